The molecule has 0 spiro atoms. The zero-order chi connectivity index (χ0) is 34.4. The SMILES string of the molecule is O=S(=O)(c1nc2n(n1)[C@H](c1cccc(Cl)c1F)C[C@@H]2F)[C@@H]1C[C@H]1F.O=S(=O)(c1nc2n(n1)[C@H](c1cccc(Cl)c1F)C[C@@H]2F)[C@H]1C[C@@H]1F. The molecule has 256 valence electrons. The Morgan fingerprint density at radius 3 is 1.31 bits per heavy atom. The van der Waals surface area contributed by atoms with Gasteiger partial charge in [0, 0.05) is 24.0 Å². The van der Waals surface area contributed by atoms with Crippen molar-refractivity contribution in [1.29, 1.82) is 0 Å². The number of aromatic nitrogens is 6. The Hall–Kier alpha value is -3.22. The molecule has 8 atom stereocenters. The quantitative estimate of drug-likeness (QED) is 0.222. The van der Waals surface area contributed by atoms with Crippen LogP contribution in [0.15, 0.2) is 46.7 Å². The number of benzene rings is 2. The van der Waals surface area contributed by atoms with E-state index in [0.717, 1.165) is 9.36 Å². The monoisotopic (exact) mass is 754 g/mol. The summed E-state index contributed by atoms with van der Waals surface area (Å²) in [6.45, 7) is 0. The van der Waals surface area contributed by atoms with E-state index in [1.807, 2.05) is 0 Å². The molecule has 2 aromatic carbocycles. The highest BCUT2D eigenvalue weighted by Gasteiger charge is 2.53. The number of alkyl halides is 4. The van der Waals surface area contributed by atoms with E-state index in [1.54, 1.807) is 0 Å². The van der Waals surface area contributed by atoms with Gasteiger partial charge in [-0.1, -0.05) is 47.5 Å². The molecule has 0 saturated heterocycles. The summed E-state index contributed by atoms with van der Waals surface area (Å²) in [6, 6.07) is 6.89. The van der Waals surface area contributed by atoms with Gasteiger partial charge in [0.25, 0.3) is 10.3 Å². The van der Waals surface area contributed by atoms with Crippen LogP contribution in [0.5, 0.6) is 0 Å². The molecule has 0 amide bonds. The van der Waals surface area contributed by atoms with E-state index in [0.29, 0.717) is 0 Å². The fraction of sp³-hybridized carbons (Fsp3) is 0.429. The lowest BCUT2D eigenvalue weighted by Crippen LogP contribution is -2.14. The standard InChI is InChI=1S/2C14H11ClF3N3O2S/c2*15-7-3-1-2-6(12(7)18)10-4-9(17)13-19-14(20-21(10)13)24(22,23)11-5-8(11)16/h2*1-3,8-11H,4-5H2/t8-,9+,10+,11-;8-,9-,10-,11-/m10/s1. The Morgan fingerprint density at radius 2 is 0.979 bits per heavy atom. The van der Waals surface area contributed by atoms with E-state index < -0.39 is 88.9 Å². The summed E-state index contributed by atoms with van der Waals surface area (Å²) in [6.07, 6.45) is -6.55. The fourth-order valence-corrected chi connectivity index (χ4v) is 9.23. The second kappa shape index (κ2) is 11.7. The van der Waals surface area contributed by atoms with Crippen molar-refractivity contribution in [3.63, 3.8) is 0 Å². The van der Waals surface area contributed by atoms with E-state index in [1.165, 1.54) is 36.4 Å². The van der Waals surface area contributed by atoms with Gasteiger partial charge >= 0.3 is 0 Å². The van der Waals surface area contributed by atoms with Gasteiger partial charge in [0.15, 0.2) is 24.0 Å². The van der Waals surface area contributed by atoms with Crippen molar-refractivity contribution >= 4 is 42.9 Å². The molecule has 2 aliphatic heterocycles. The highest BCUT2D eigenvalue weighted by molar-refractivity contribution is 7.92. The first kappa shape index (κ1) is 33.3. The lowest BCUT2D eigenvalue weighted by atomic mass is 10.0. The fourth-order valence-electron chi connectivity index (χ4n) is 5.83. The molecule has 2 fully saturated rings. The van der Waals surface area contributed by atoms with Crippen molar-refractivity contribution in [1.82, 2.24) is 29.5 Å². The van der Waals surface area contributed by atoms with Crippen molar-refractivity contribution < 1.29 is 43.2 Å². The first-order valence-electron chi connectivity index (χ1n) is 14.5. The van der Waals surface area contributed by atoms with Crippen LogP contribution < -0.4 is 0 Å². The zero-order valence-electron chi connectivity index (χ0n) is 24.1. The minimum absolute atomic E-state index is 0.104. The highest BCUT2D eigenvalue weighted by Crippen LogP contribution is 2.44. The van der Waals surface area contributed by atoms with Crippen molar-refractivity contribution in [2.75, 3.05) is 0 Å². The molecule has 48 heavy (non-hydrogen) atoms. The topological polar surface area (TPSA) is 130 Å². The predicted octanol–water partition coefficient (Wildman–Crippen LogP) is 5.92. The average molecular weight is 756 g/mol. The number of halogens is 8. The summed E-state index contributed by atoms with van der Waals surface area (Å²) in [5, 5.41) is 3.84. The van der Waals surface area contributed by atoms with Crippen molar-refractivity contribution in [2.24, 2.45) is 0 Å². The van der Waals surface area contributed by atoms with Crippen LogP contribution in [0.1, 0.15) is 72.9 Å². The molecule has 4 aliphatic rings. The molecule has 0 radical (unpaired) electrons. The normalized spacial score (nSPS) is 28.8. The minimum Gasteiger partial charge on any atom is -0.246 e. The van der Waals surface area contributed by atoms with Crippen LogP contribution >= 0.6 is 23.2 Å². The van der Waals surface area contributed by atoms with Crippen LogP contribution in [0.4, 0.5) is 26.3 Å². The lowest BCUT2D eigenvalue weighted by molar-refractivity contribution is 0.325. The van der Waals surface area contributed by atoms with Gasteiger partial charge in [-0.05, 0) is 25.0 Å². The first-order chi connectivity index (χ1) is 22.6. The van der Waals surface area contributed by atoms with Crippen molar-refractivity contribution in [3.8, 4) is 0 Å². The highest BCUT2D eigenvalue weighted by atomic mass is 35.5. The number of hydrogen-bond acceptors (Lipinski definition) is 8. The van der Waals surface area contributed by atoms with E-state index >= 15 is 0 Å². The van der Waals surface area contributed by atoms with Gasteiger partial charge in [0.05, 0.1) is 22.1 Å². The molecule has 0 unspecified atom stereocenters. The van der Waals surface area contributed by atoms with E-state index in [-0.39, 0.29) is 58.5 Å². The molecule has 2 aromatic heterocycles. The van der Waals surface area contributed by atoms with Crippen LogP contribution in [-0.2, 0) is 19.7 Å². The summed E-state index contributed by atoms with van der Waals surface area (Å²) >= 11 is 11.5. The minimum atomic E-state index is -4.04. The molecule has 4 heterocycles. The van der Waals surface area contributed by atoms with Crippen LogP contribution in [0.3, 0.4) is 0 Å². The maximum absolute atomic E-state index is 14.2. The van der Waals surface area contributed by atoms with E-state index in [9.17, 15) is 43.2 Å². The smallest absolute Gasteiger partial charge is 0.246 e. The van der Waals surface area contributed by atoms with Gasteiger partial charge in [-0.25, -0.2) is 52.5 Å². The van der Waals surface area contributed by atoms with Crippen molar-refractivity contribution in [3.05, 3.63) is 80.9 Å². The maximum Gasteiger partial charge on any atom is 0.267 e. The van der Waals surface area contributed by atoms with Crippen LogP contribution in [0.2, 0.25) is 10.0 Å². The molecule has 10 nitrogen and oxygen atoms in total. The number of fused-ring (bicyclic) bond motifs is 2. The lowest BCUT2D eigenvalue weighted by Gasteiger charge is -2.13. The predicted molar refractivity (Wildman–Crippen MR) is 157 cm³/mol. The van der Waals surface area contributed by atoms with Gasteiger partial charge in [-0.3, -0.25) is 0 Å². The summed E-state index contributed by atoms with van der Waals surface area (Å²) < 4.78 is 134. The van der Waals surface area contributed by atoms with Crippen molar-refractivity contribution in [2.45, 2.75) is 83.3 Å². The molecule has 0 N–H and O–H groups in total. The first-order valence-corrected chi connectivity index (χ1v) is 18.3. The Morgan fingerprint density at radius 1 is 0.625 bits per heavy atom. The van der Waals surface area contributed by atoms with Gasteiger partial charge in [-0.2, -0.15) is 9.97 Å². The van der Waals surface area contributed by atoms with Gasteiger partial charge < -0.3 is 0 Å². The molecule has 2 aliphatic carbocycles. The molecule has 2 saturated carbocycles. The summed E-state index contributed by atoms with van der Waals surface area (Å²) in [4.78, 5) is 7.47. The average Bonchev–Trinajstić information content (AvgIpc) is 3.69. The molecular weight excluding hydrogens is 733 g/mol. The van der Waals surface area contributed by atoms with Crippen LogP contribution in [0.25, 0.3) is 0 Å². The molecule has 4 aromatic rings. The van der Waals surface area contributed by atoms with Crippen LogP contribution in [-0.4, -0.2) is 69.2 Å². The van der Waals surface area contributed by atoms with Gasteiger partial charge in [0.1, 0.15) is 34.5 Å². The Kier molecular flexibility index (Phi) is 8.11. The summed E-state index contributed by atoms with van der Waals surface area (Å²) in [5.74, 6) is -1.83. The van der Waals surface area contributed by atoms with Gasteiger partial charge in [-0.15, -0.1) is 10.2 Å². The Balaban J connectivity index is 0.000000152. The third kappa shape index (κ3) is 5.48. The number of hydrogen-bond donors (Lipinski definition) is 0. The second-order valence-corrected chi connectivity index (χ2v) is 16.7. The Bertz CT molecular complexity index is 2020. The number of nitrogens with zero attached hydrogens (tertiary/aromatic N) is 6. The third-order valence-electron chi connectivity index (χ3n) is 8.59. The van der Waals surface area contributed by atoms with Crippen LogP contribution in [0, 0.1) is 11.6 Å². The molecule has 20 heteroatoms. The number of sulfone groups is 2. The van der Waals surface area contributed by atoms with E-state index in [4.69, 9.17) is 23.2 Å². The number of rotatable bonds is 6. The maximum atomic E-state index is 14.2. The largest absolute Gasteiger partial charge is 0.267 e. The second-order valence-electron chi connectivity index (χ2n) is 11.8. The zero-order valence-corrected chi connectivity index (χ0v) is 27.2. The molecular formula is C28H22Cl2F6N6O4S2. The van der Waals surface area contributed by atoms with E-state index in [2.05, 4.69) is 20.2 Å². The Labute approximate surface area is 278 Å². The summed E-state index contributed by atoms with van der Waals surface area (Å²) in [7, 11) is -8.09. The molecule has 0 bridgehead atoms. The molecule has 8 rings (SSSR count). The third-order valence-corrected chi connectivity index (χ3v) is 13.1. The summed E-state index contributed by atoms with van der Waals surface area (Å²) in [5.41, 5.74) is 0.208. The van der Waals surface area contributed by atoms with Gasteiger partial charge in [0.2, 0.25) is 19.7 Å².